The molecular formula is C14H19ClO2S. The Hall–Kier alpha value is -0.380. The molecule has 0 amide bonds. The number of ether oxygens (including phenoxy) is 1. The maximum atomic E-state index is 10.3. The van der Waals surface area contributed by atoms with Crippen LogP contribution in [0.1, 0.15) is 24.8 Å². The Kier molecular flexibility index (Phi) is 5.22. The number of aliphatic hydroxyl groups is 1. The second-order valence-corrected chi connectivity index (χ2v) is 6.42. The highest BCUT2D eigenvalue weighted by Crippen LogP contribution is 2.31. The lowest BCUT2D eigenvalue weighted by Crippen LogP contribution is -2.28. The van der Waals surface area contributed by atoms with Crippen LogP contribution in [0.4, 0.5) is 0 Å². The van der Waals surface area contributed by atoms with Crippen molar-refractivity contribution in [1.82, 2.24) is 0 Å². The Labute approximate surface area is 118 Å². The van der Waals surface area contributed by atoms with Gasteiger partial charge in [-0.05, 0) is 42.4 Å². The molecule has 2 atom stereocenters. The van der Waals surface area contributed by atoms with Gasteiger partial charge in [0, 0.05) is 16.7 Å². The van der Waals surface area contributed by atoms with Gasteiger partial charge in [-0.25, -0.2) is 0 Å². The Morgan fingerprint density at radius 2 is 2.33 bits per heavy atom. The molecule has 1 aromatic carbocycles. The lowest BCUT2D eigenvalue weighted by atomic mass is 10.0. The highest BCUT2D eigenvalue weighted by Gasteiger charge is 2.23. The van der Waals surface area contributed by atoms with E-state index in [2.05, 4.69) is 0 Å². The molecule has 2 nitrogen and oxygen atoms in total. The smallest absolute Gasteiger partial charge is 0.122 e. The van der Waals surface area contributed by atoms with Gasteiger partial charge in [0.15, 0.2) is 0 Å². The predicted molar refractivity (Wildman–Crippen MR) is 77.8 cm³/mol. The molecule has 1 N–H and O–H groups in total. The molecule has 0 aliphatic carbocycles. The number of aliphatic hydroxyl groups excluding tert-OH is 1. The van der Waals surface area contributed by atoms with E-state index in [4.69, 9.17) is 16.3 Å². The minimum absolute atomic E-state index is 0.317. The molecule has 1 aromatic rings. The largest absolute Gasteiger partial charge is 0.496 e. The maximum absolute atomic E-state index is 10.3. The molecule has 2 unspecified atom stereocenters. The zero-order valence-corrected chi connectivity index (χ0v) is 12.1. The first-order valence-corrected chi connectivity index (χ1v) is 7.75. The van der Waals surface area contributed by atoms with E-state index in [0.29, 0.717) is 16.7 Å². The van der Waals surface area contributed by atoms with E-state index in [1.54, 1.807) is 7.11 Å². The summed E-state index contributed by atoms with van der Waals surface area (Å²) >= 11 is 7.89. The summed E-state index contributed by atoms with van der Waals surface area (Å²) in [5.74, 6) is 1.97. The Morgan fingerprint density at radius 3 is 3.00 bits per heavy atom. The number of hydrogen-bond acceptors (Lipinski definition) is 3. The molecule has 0 saturated carbocycles. The Morgan fingerprint density at radius 1 is 1.50 bits per heavy atom. The summed E-state index contributed by atoms with van der Waals surface area (Å²) in [6, 6.07) is 5.56. The van der Waals surface area contributed by atoms with E-state index in [0.717, 1.165) is 23.5 Å². The number of thioether (sulfide) groups is 1. The van der Waals surface area contributed by atoms with Crippen molar-refractivity contribution in [2.75, 3.05) is 12.9 Å². The van der Waals surface area contributed by atoms with Gasteiger partial charge in [-0.1, -0.05) is 18.0 Å². The third-order valence-corrected chi connectivity index (χ3v) is 5.05. The van der Waals surface area contributed by atoms with Crippen LogP contribution in [-0.2, 0) is 6.42 Å². The number of halogens is 1. The fourth-order valence-corrected chi connectivity index (χ4v) is 3.85. The topological polar surface area (TPSA) is 29.5 Å². The fraction of sp³-hybridized carbons (Fsp3) is 0.571. The van der Waals surface area contributed by atoms with Gasteiger partial charge in [0.05, 0.1) is 13.2 Å². The van der Waals surface area contributed by atoms with E-state index in [1.165, 1.54) is 12.8 Å². The second kappa shape index (κ2) is 6.69. The van der Waals surface area contributed by atoms with Gasteiger partial charge in [0.2, 0.25) is 0 Å². The van der Waals surface area contributed by atoms with Crippen molar-refractivity contribution in [3.8, 4) is 5.75 Å². The molecule has 2 rings (SSSR count). The minimum atomic E-state index is -0.317. The van der Waals surface area contributed by atoms with Crippen molar-refractivity contribution < 1.29 is 9.84 Å². The molecule has 1 aliphatic heterocycles. The number of methoxy groups -OCH3 is 1. The van der Waals surface area contributed by atoms with Gasteiger partial charge < -0.3 is 9.84 Å². The van der Waals surface area contributed by atoms with Crippen LogP contribution in [0.25, 0.3) is 0 Å². The van der Waals surface area contributed by atoms with Crippen LogP contribution in [0.3, 0.4) is 0 Å². The van der Waals surface area contributed by atoms with Crippen molar-refractivity contribution in [3.63, 3.8) is 0 Å². The third-order valence-electron chi connectivity index (χ3n) is 3.32. The van der Waals surface area contributed by atoms with E-state index >= 15 is 0 Å². The van der Waals surface area contributed by atoms with Crippen LogP contribution in [-0.4, -0.2) is 29.3 Å². The molecule has 100 valence electrons. The standard InChI is InChI=1S/C14H19ClO2S/c1-17-13-6-5-11(15)8-10(13)9-12(16)14-4-2-3-7-18-14/h5-6,8,12,14,16H,2-4,7,9H2,1H3. The van der Waals surface area contributed by atoms with Crippen LogP contribution >= 0.6 is 23.4 Å². The van der Waals surface area contributed by atoms with Gasteiger partial charge in [0.1, 0.15) is 5.75 Å². The number of hydrogen-bond donors (Lipinski definition) is 1. The monoisotopic (exact) mass is 286 g/mol. The summed E-state index contributed by atoms with van der Waals surface area (Å²) < 4.78 is 5.31. The average Bonchev–Trinajstić information content (AvgIpc) is 2.40. The highest BCUT2D eigenvalue weighted by molar-refractivity contribution is 8.00. The van der Waals surface area contributed by atoms with Crippen LogP contribution in [0.15, 0.2) is 18.2 Å². The quantitative estimate of drug-likeness (QED) is 0.918. The van der Waals surface area contributed by atoms with Crippen LogP contribution < -0.4 is 4.74 Å². The average molecular weight is 287 g/mol. The molecule has 18 heavy (non-hydrogen) atoms. The predicted octanol–water partition coefficient (Wildman–Crippen LogP) is 3.54. The summed E-state index contributed by atoms with van der Waals surface area (Å²) in [5.41, 5.74) is 0.990. The molecule has 1 aliphatic rings. The first-order valence-electron chi connectivity index (χ1n) is 6.33. The molecule has 1 fully saturated rings. The maximum Gasteiger partial charge on any atom is 0.122 e. The Balaban J connectivity index is 2.05. The first kappa shape index (κ1) is 14.0. The van der Waals surface area contributed by atoms with Crippen molar-refractivity contribution >= 4 is 23.4 Å². The van der Waals surface area contributed by atoms with Gasteiger partial charge in [-0.2, -0.15) is 11.8 Å². The molecular weight excluding hydrogens is 268 g/mol. The zero-order valence-electron chi connectivity index (χ0n) is 10.6. The van der Waals surface area contributed by atoms with Crippen molar-refractivity contribution in [2.45, 2.75) is 37.0 Å². The fourth-order valence-electron chi connectivity index (χ4n) is 2.33. The van der Waals surface area contributed by atoms with Gasteiger partial charge >= 0.3 is 0 Å². The van der Waals surface area contributed by atoms with Gasteiger partial charge in [-0.15, -0.1) is 0 Å². The van der Waals surface area contributed by atoms with Crippen LogP contribution in [0.5, 0.6) is 5.75 Å². The Bertz CT molecular complexity index is 391. The molecule has 1 saturated heterocycles. The summed E-state index contributed by atoms with van der Waals surface area (Å²) in [7, 11) is 1.65. The highest BCUT2D eigenvalue weighted by atomic mass is 35.5. The molecule has 0 aromatic heterocycles. The van der Waals surface area contributed by atoms with Crippen molar-refractivity contribution in [3.05, 3.63) is 28.8 Å². The van der Waals surface area contributed by atoms with Gasteiger partial charge in [0.25, 0.3) is 0 Å². The number of benzene rings is 1. The lowest BCUT2D eigenvalue weighted by molar-refractivity contribution is 0.165. The summed E-state index contributed by atoms with van der Waals surface area (Å²) in [4.78, 5) is 0. The summed E-state index contributed by atoms with van der Waals surface area (Å²) in [5, 5.41) is 11.4. The van der Waals surface area contributed by atoms with E-state index in [1.807, 2.05) is 30.0 Å². The van der Waals surface area contributed by atoms with Crippen molar-refractivity contribution in [2.24, 2.45) is 0 Å². The molecule has 0 bridgehead atoms. The normalized spacial score (nSPS) is 21.6. The zero-order chi connectivity index (χ0) is 13.0. The lowest BCUT2D eigenvalue weighted by Gasteiger charge is -2.26. The molecule has 0 radical (unpaired) electrons. The van der Waals surface area contributed by atoms with Gasteiger partial charge in [-0.3, -0.25) is 0 Å². The van der Waals surface area contributed by atoms with Crippen LogP contribution in [0.2, 0.25) is 5.02 Å². The molecule has 1 heterocycles. The van der Waals surface area contributed by atoms with E-state index in [-0.39, 0.29) is 6.10 Å². The SMILES string of the molecule is COc1ccc(Cl)cc1CC(O)C1CCCCS1. The molecule has 4 heteroatoms. The minimum Gasteiger partial charge on any atom is -0.496 e. The summed E-state index contributed by atoms with van der Waals surface area (Å²) in [6.45, 7) is 0. The molecule has 0 spiro atoms. The summed E-state index contributed by atoms with van der Waals surface area (Å²) in [6.07, 6.45) is 3.90. The van der Waals surface area contributed by atoms with E-state index < -0.39 is 0 Å². The number of rotatable bonds is 4. The van der Waals surface area contributed by atoms with E-state index in [9.17, 15) is 5.11 Å². The second-order valence-electron chi connectivity index (χ2n) is 4.63. The van der Waals surface area contributed by atoms with Crippen molar-refractivity contribution in [1.29, 1.82) is 0 Å². The first-order chi connectivity index (χ1) is 8.70. The third kappa shape index (κ3) is 3.56. The van der Waals surface area contributed by atoms with Crippen LogP contribution in [0, 0.1) is 0 Å².